The molecule has 24 heavy (non-hydrogen) atoms. The van der Waals surface area contributed by atoms with Gasteiger partial charge in [-0.15, -0.1) is 0 Å². The van der Waals surface area contributed by atoms with Gasteiger partial charge in [0, 0.05) is 35.1 Å². The highest BCUT2D eigenvalue weighted by atomic mass is 16.3. The quantitative estimate of drug-likeness (QED) is 0.518. The van der Waals surface area contributed by atoms with Crippen LogP contribution < -0.4 is 5.32 Å². The molecule has 0 unspecified atom stereocenters. The van der Waals surface area contributed by atoms with Crippen molar-refractivity contribution in [2.24, 2.45) is 0 Å². The first-order chi connectivity index (χ1) is 11.8. The van der Waals surface area contributed by atoms with Crippen molar-refractivity contribution in [2.75, 3.05) is 5.32 Å². The smallest absolute Gasteiger partial charge is 0.139 e. The van der Waals surface area contributed by atoms with Crippen LogP contribution in [0.2, 0.25) is 0 Å². The van der Waals surface area contributed by atoms with Crippen molar-refractivity contribution >= 4 is 16.7 Å². The Labute approximate surface area is 139 Å². The first-order valence-electron chi connectivity index (χ1n) is 7.84. The summed E-state index contributed by atoms with van der Waals surface area (Å²) in [5.74, 6) is 0.251. The number of pyridine rings is 1. The third kappa shape index (κ3) is 2.82. The lowest BCUT2D eigenvalue weighted by Gasteiger charge is -2.07. The Bertz CT molecular complexity index is 977. The number of H-pyrrole nitrogens is 1. The van der Waals surface area contributed by atoms with E-state index in [1.807, 2.05) is 36.4 Å². The summed E-state index contributed by atoms with van der Waals surface area (Å²) in [7, 11) is 0. The van der Waals surface area contributed by atoms with Crippen LogP contribution in [0.3, 0.4) is 0 Å². The third-order valence-electron chi connectivity index (χ3n) is 4.01. The number of aromatic amines is 1. The van der Waals surface area contributed by atoms with E-state index >= 15 is 0 Å². The lowest BCUT2D eigenvalue weighted by molar-refractivity contribution is 0.475. The minimum atomic E-state index is 0.251. The van der Waals surface area contributed by atoms with Gasteiger partial charge in [0.05, 0.1) is 0 Å². The van der Waals surface area contributed by atoms with Gasteiger partial charge in [-0.25, -0.2) is 4.98 Å². The molecule has 0 aliphatic heterocycles. The molecule has 2 aromatic carbocycles. The van der Waals surface area contributed by atoms with Crippen LogP contribution in [0.1, 0.15) is 5.56 Å². The number of aromatic hydroxyl groups is 1. The molecule has 0 fully saturated rings. The highest BCUT2D eigenvalue weighted by Crippen LogP contribution is 2.29. The lowest BCUT2D eigenvalue weighted by atomic mass is 10.1. The number of nitrogens with one attached hydrogen (secondary N) is 2. The van der Waals surface area contributed by atoms with Gasteiger partial charge < -0.3 is 15.4 Å². The number of fused-ring (bicyclic) bond motifs is 1. The molecular formula is C20H17N3O. The standard InChI is InChI=1S/C20H17N3O/c24-16-8-4-7-15(11-16)19-12-17-18(9-10-21-20(17)23-19)22-13-14-5-2-1-3-6-14/h1-12,24H,13H2,(H2,21,22,23). The first kappa shape index (κ1) is 14.3. The second-order valence-electron chi connectivity index (χ2n) is 5.69. The van der Waals surface area contributed by atoms with Gasteiger partial charge >= 0.3 is 0 Å². The number of nitrogens with zero attached hydrogens (tertiary/aromatic N) is 1. The average Bonchev–Trinajstić information content (AvgIpc) is 3.06. The Kier molecular flexibility index (Phi) is 3.63. The SMILES string of the molecule is Oc1cccc(-c2cc3c(NCc4ccccc4)ccnc3[nH]2)c1. The molecule has 0 amide bonds. The zero-order valence-electron chi connectivity index (χ0n) is 13.0. The number of hydrogen-bond acceptors (Lipinski definition) is 3. The summed E-state index contributed by atoms with van der Waals surface area (Å²) in [6.45, 7) is 0.757. The molecule has 3 N–H and O–H groups in total. The minimum absolute atomic E-state index is 0.251. The summed E-state index contributed by atoms with van der Waals surface area (Å²) in [5.41, 5.74) is 4.95. The molecule has 0 bridgehead atoms. The van der Waals surface area contributed by atoms with Crippen LogP contribution >= 0.6 is 0 Å². The molecule has 0 saturated carbocycles. The maximum atomic E-state index is 9.67. The molecule has 4 heteroatoms. The topological polar surface area (TPSA) is 60.9 Å². The van der Waals surface area contributed by atoms with E-state index in [0.717, 1.165) is 34.5 Å². The van der Waals surface area contributed by atoms with E-state index < -0.39 is 0 Å². The van der Waals surface area contributed by atoms with Crippen molar-refractivity contribution < 1.29 is 5.11 Å². The monoisotopic (exact) mass is 315 g/mol. The van der Waals surface area contributed by atoms with Crippen molar-refractivity contribution in [1.82, 2.24) is 9.97 Å². The molecule has 0 saturated heterocycles. The van der Waals surface area contributed by atoms with Gasteiger partial charge in [-0.1, -0.05) is 42.5 Å². The van der Waals surface area contributed by atoms with Crippen LogP contribution in [-0.2, 0) is 6.54 Å². The predicted octanol–water partition coefficient (Wildman–Crippen LogP) is 4.55. The summed E-state index contributed by atoms with van der Waals surface area (Å²) in [6.07, 6.45) is 1.79. The van der Waals surface area contributed by atoms with Crippen molar-refractivity contribution in [1.29, 1.82) is 0 Å². The molecule has 0 atom stereocenters. The van der Waals surface area contributed by atoms with Crippen LogP contribution in [-0.4, -0.2) is 15.1 Å². The molecular weight excluding hydrogens is 298 g/mol. The number of phenols is 1. The normalized spacial score (nSPS) is 10.8. The summed E-state index contributed by atoms with van der Waals surface area (Å²) in [5, 5.41) is 14.2. The van der Waals surface area contributed by atoms with E-state index in [1.165, 1.54) is 5.56 Å². The number of aromatic nitrogens is 2. The van der Waals surface area contributed by atoms with Crippen LogP contribution in [0, 0.1) is 0 Å². The molecule has 2 heterocycles. The maximum absolute atomic E-state index is 9.67. The van der Waals surface area contributed by atoms with E-state index in [4.69, 9.17) is 0 Å². The molecule has 0 aliphatic carbocycles. The van der Waals surface area contributed by atoms with Crippen LogP contribution in [0.15, 0.2) is 72.9 Å². The minimum Gasteiger partial charge on any atom is -0.508 e. The number of benzene rings is 2. The largest absolute Gasteiger partial charge is 0.508 e. The van der Waals surface area contributed by atoms with Gasteiger partial charge in [0.1, 0.15) is 11.4 Å². The molecule has 0 aliphatic rings. The third-order valence-corrected chi connectivity index (χ3v) is 4.01. The fourth-order valence-electron chi connectivity index (χ4n) is 2.80. The fraction of sp³-hybridized carbons (Fsp3) is 0.0500. The Morgan fingerprint density at radius 3 is 2.67 bits per heavy atom. The second-order valence-corrected chi connectivity index (χ2v) is 5.69. The van der Waals surface area contributed by atoms with E-state index in [9.17, 15) is 5.11 Å². The molecule has 118 valence electrons. The van der Waals surface area contributed by atoms with Crippen LogP contribution in [0.25, 0.3) is 22.3 Å². The van der Waals surface area contributed by atoms with Gasteiger partial charge in [0.2, 0.25) is 0 Å². The molecule has 0 radical (unpaired) electrons. The molecule has 4 rings (SSSR count). The van der Waals surface area contributed by atoms with E-state index in [2.05, 4.69) is 33.5 Å². The zero-order chi connectivity index (χ0) is 16.4. The van der Waals surface area contributed by atoms with Crippen molar-refractivity contribution in [2.45, 2.75) is 6.54 Å². The Hall–Kier alpha value is -3.27. The van der Waals surface area contributed by atoms with Gasteiger partial charge in [-0.2, -0.15) is 0 Å². The average molecular weight is 315 g/mol. The lowest BCUT2D eigenvalue weighted by Crippen LogP contribution is -1.99. The molecule has 0 spiro atoms. The van der Waals surface area contributed by atoms with E-state index in [-0.39, 0.29) is 5.75 Å². The van der Waals surface area contributed by atoms with Crippen molar-refractivity contribution in [3.05, 3.63) is 78.5 Å². The molecule has 2 aromatic heterocycles. The number of phenolic OH excluding ortho intramolecular Hbond substituents is 1. The summed E-state index contributed by atoms with van der Waals surface area (Å²) < 4.78 is 0. The van der Waals surface area contributed by atoms with Crippen LogP contribution in [0.4, 0.5) is 5.69 Å². The Morgan fingerprint density at radius 1 is 0.958 bits per heavy atom. The van der Waals surface area contributed by atoms with Gasteiger partial charge in [-0.3, -0.25) is 0 Å². The van der Waals surface area contributed by atoms with Gasteiger partial charge in [-0.05, 0) is 29.8 Å². The van der Waals surface area contributed by atoms with Crippen LogP contribution in [0.5, 0.6) is 5.75 Å². The van der Waals surface area contributed by atoms with Gasteiger partial charge in [0.15, 0.2) is 0 Å². The number of anilines is 1. The first-order valence-corrected chi connectivity index (χ1v) is 7.84. The summed E-state index contributed by atoms with van der Waals surface area (Å²) in [6, 6.07) is 21.5. The summed E-state index contributed by atoms with van der Waals surface area (Å²) >= 11 is 0. The Balaban J connectivity index is 1.67. The van der Waals surface area contributed by atoms with Gasteiger partial charge in [0.25, 0.3) is 0 Å². The highest BCUT2D eigenvalue weighted by molar-refractivity contribution is 5.93. The maximum Gasteiger partial charge on any atom is 0.139 e. The molecule has 4 nitrogen and oxygen atoms in total. The second kappa shape index (κ2) is 6.08. The fourth-order valence-corrected chi connectivity index (χ4v) is 2.80. The molecule has 4 aromatic rings. The highest BCUT2D eigenvalue weighted by Gasteiger charge is 2.08. The van der Waals surface area contributed by atoms with Crippen molar-refractivity contribution in [3.63, 3.8) is 0 Å². The Morgan fingerprint density at radius 2 is 1.83 bits per heavy atom. The number of rotatable bonds is 4. The van der Waals surface area contributed by atoms with E-state index in [1.54, 1.807) is 18.3 Å². The zero-order valence-corrected chi connectivity index (χ0v) is 13.0. The van der Waals surface area contributed by atoms with E-state index in [0.29, 0.717) is 0 Å². The number of hydrogen-bond donors (Lipinski definition) is 3. The predicted molar refractivity (Wildman–Crippen MR) is 97.0 cm³/mol. The van der Waals surface area contributed by atoms with Crippen molar-refractivity contribution in [3.8, 4) is 17.0 Å². The summed E-state index contributed by atoms with van der Waals surface area (Å²) in [4.78, 5) is 7.72.